The lowest BCUT2D eigenvalue weighted by Gasteiger charge is -2.15. The highest BCUT2D eigenvalue weighted by molar-refractivity contribution is 6.31. The highest BCUT2D eigenvalue weighted by atomic mass is 35.5. The average molecular weight is 332 g/mol. The predicted molar refractivity (Wildman–Crippen MR) is 84.5 cm³/mol. The zero-order valence-corrected chi connectivity index (χ0v) is 13.1. The van der Waals surface area contributed by atoms with E-state index in [-0.39, 0.29) is 30.0 Å². The number of aliphatic hydroxyl groups excluding tert-OH is 1. The molecule has 0 saturated carbocycles. The SMILES string of the molecule is CN(CCO)C(=O)c1ccc(Oc2ncc(C#N)cc2Cl)cc1. The second-order valence-electron chi connectivity index (χ2n) is 4.70. The summed E-state index contributed by atoms with van der Waals surface area (Å²) in [6.45, 7) is 0.175. The van der Waals surface area contributed by atoms with Gasteiger partial charge in [0.1, 0.15) is 16.8 Å². The molecule has 0 unspecified atom stereocenters. The van der Waals surface area contributed by atoms with Crippen LogP contribution in [0.5, 0.6) is 11.6 Å². The number of aromatic nitrogens is 1. The van der Waals surface area contributed by atoms with Crippen molar-refractivity contribution in [3.63, 3.8) is 0 Å². The fourth-order valence-electron chi connectivity index (χ4n) is 1.81. The normalized spacial score (nSPS) is 10.0. The molecule has 6 nitrogen and oxygen atoms in total. The number of carbonyl (C=O) groups is 1. The monoisotopic (exact) mass is 331 g/mol. The summed E-state index contributed by atoms with van der Waals surface area (Å²) in [5, 5.41) is 17.8. The van der Waals surface area contributed by atoms with Crippen molar-refractivity contribution in [1.29, 1.82) is 5.26 Å². The van der Waals surface area contributed by atoms with Crippen LogP contribution in [0.4, 0.5) is 0 Å². The molecule has 0 saturated heterocycles. The van der Waals surface area contributed by atoms with Crippen LogP contribution >= 0.6 is 11.6 Å². The van der Waals surface area contributed by atoms with Crippen molar-refractivity contribution in [2.45, 2.75) is 0 Å². The van der Waals surface area contributed by atoms with E-state index < -0.39 is 0 Å². The smallest absolute Gasteiger partial charge is 0.253 e. The van der Waals surface area contributed by atoms with Gasteiger partial charge in [-0.2, -0.15) is 5.26 Å². The Hall–Kier alpha value is -2.62. The first kappa shape index (κ1) is 16.7. The molecule has 7 heteroatoms. The second-order valence-corrected chi connectivity index (χ2v) is 5.11. The lowest BCUT2D eigenvalue weighted by Crippen LogP contribution is -2.29. The van der Waals surface area contributed by atoms with Crippen molar-refractivity contribution in [3.05, 3.63) is 52.7 Å². The number of nitrogens with zero attached hydrogens (tertiary/aromatic N) is 3. The van der Waals surface area contributed by atoms with Crippen LogP contribution < -0.4 is 4.74 Å². The number of aliphatic hydroxyl groups is 1. The molecule has 0 radical (unpaired) electrons. The number of nitriles is 1. The van der Waals surface area contributed by atoms with E-state index in [9.17, 15) is 4.79 Å². The van der Waals surface area contributed by atoms with Gasteiger partial charge in [-0.3, -0.25) is 4.79 Å². The van der Waals surface area contributed by atoms with Gasteiger partial charge < -0.3 is 14.7 Å². The molecule has 0 aliphatic carbocycles. The molecule has 1 amide bonds. The van der Waals surface area contributed by atoms with E-state index in [0.717, 1.165) is 0 Å². The standard InChI is InChI=1S/C16H14ClN3O3/c1-20(6-7-21)16(22)12-2-4-13(5-3-12)23-15-14(17)8-11(9-18)10-19-15/h2-5,8,10,21H,6-7H2,1H3. The van der Waals surface area contributed by atoms with Crippen LogP contribution in [0.1, 0.15) is 15.9 Å². The minimum absolute atomic E-state index is 0.0910. The van der Waals surface area contributed by atoms with E-state index in [4.69, 9.17) is 26.7 Å². The van der Waals surface area contributed by atoms with Gasteiger partial charge in [-0.05, 0) is 30.3 Å². The van der Waals surface area contributed by atoms with Gasteiger partial charge in [-0.25, -0.2) is 4.98 Å². The molecule has 0 atom stereocenters. The Bertz CT molecular complexity index is 741. The number of amides is 1. The minimum Gasteiger partial charge on any atom is -0.438 e. The topological polar surface area (TPSA) is 86.4 Å². The number of benzene rings is 1. The summed E-state index contributed by atoms with van der Waals surface area (Å²) < 4.78 is 5.53. The molecule has 0 bridgehead atoms. The van der Waals surface area contributed by atoms with E-state index in [1.54, 1.807) is 31.3 Å². The molecular weight excluding hydrogens is 318 g/mol. The molecule has 2 aromatic rings. The summed E-state index contributed by atoms with van der Waals surface area (Å²) in [5.41, 5.74) is 0.822. The maximum absolute atomic E-state index is 12.0. The van der Waals surface area contributed by atoms with E-state index in [1.165, 1.54) is 17.2 Å². The first-order valence-corrected chi connectivity index (χ1v) is 7.13. The van der Waals surface area contributed by atoms with Crippen molar-refractivity contribution in [2.24, 2.45) is 0 Å². The summed E-state index contributed by atoms with van der Waals surface area (Å²) in [4.78, 5) is 17.4. The van der Waals surface area contributed by atoms with Crippen molar-refractivity contribution in [1.82, 2.24) is 9.88 Å². The number of hydrogen-bond donors (Lipinski definition) is 1. The summed E-state index contributed by atoms with van der Waals surface area (Å²) in [6, 6.07) is 9.87. The maximum atomic E-state index is 12.0. The van der Waals surface area contributed by atoms with Gasteiger partial charge in [0.15, 0.2) is 0 Å². The summed E-state index contributed by atoms with van der Waals surface area (Å²) >= 11 is 5.99. The van der Waals surface area contributed by atoms with Crippen molar-refractivity contribution in [3.8, 4) is 17.7 Å². The number of rotatable bonds is 5. The number of halogens is 1. The van der Waals surface area contributed by atoms with Crippen LogP contribution in [-0.2, 0) is 0 Å². The first-order chi connectivity index (χ1) is 11.0. The molecule has 1 aromatic carbocycles. The molecule has 0 aliphatic heterocycles. The number of likely N-dealkylation sites (N-methyl/N-ethyl adjacent to an activating group) is 1. The number of ether oxygens (including phenoxy) is 1. The number of hydrogen-bond acceptors (Lipinski definition) is 5. The Labute approximate surface area is 138 Å². The Balaban J connectivity index is 2.11. The highest BCUT2D eigenvalue weighted by Crippen LogP contribution is 2.27. The minimum atomic E-state index is -0.194. The molecule has 1 N–H and O–H groups in total. The van der Waals surface area contributed by atoms with Crippen LogP contribution in [0.15, 0.2) is 36.5 Å². The molecule has 0 fully saturated rings. The van der Waals surface area contributed by atoms with Gasteiger partial charge in [0.2, 0.25) is 5.88 Å². The van der Waals surface area contributed by atoms with Gasteiger partial charge in [-0.1, -0.05) is 11.6 Å². The van der Waals surface area contributed by atoms with Crippen LogP contribution in [0.2, 0.25) is 5.02 Å². The Morgan fingerprint density at radius 1 is 1.43 bits per heavy atom. The Morgan fingerprint density at radius 3 is 2.70 bits per heavy atom. The van der Waals surface area contributed by atoms with Gasteiger partial charge in [0.25, 0.3) is 5.91 Å². The van der Waals surface area contributed by atoms with Crippen molar-refractivity contribution < 1.29 is 14.6 Å². The maximum Gasteiger partial charge on any atom is 0.253 e. The highest BCUT2D eigenvalue weighted by Gasteiger charge is 2.12. The van der Waals surface area contributed by atoms with E-state index in [2.05, 4.69) is 4.98 Å². The third-order valence-electron chi connectivity index (χ3n) is 3.03. The quantitative estimate of drug-likeness (QED) is 0.909. The van der Waals surface area contributed by atoms with Crippen LogP contribution in [0.3, 0.4) is 0 Å². The van der Waals surface area contributed by atoms with Crippen LogP contribution in [0, 0.1) is 11.3 Å². The van der Waals surface area contributed by atoms with Crippen molar-refractivity contribution in [2.75, 3.05) is 20.2 Å². The third-order valence-corrected chi connectivity index (χ3v) is 3.31. The lowest BCUT2D eigenvalue weighted by atomic mass is 10.2. The molecule has 0 aliphatic rings. The summed E-state index contributed by atoms with van der Waals surface area (Å²) in [7, 11) is 1.61. The Morgan fingerprint density at radius 2 is 2.13 bits per heavy atom. The summed E-state index contributed by atoms with van der Waals surface area (Å²) in [5.74, 6) is 0.452. The van der Waals surface area contributed by atoms with E-state index in [1.807, 2.05) is 6.07 Å². The van der Waals surface area contributed by atoms with E-state index >= 15 is 0 Å². The fraction of sp³-hybridized carbons (Fsp3) is 0.188. The molecule has 0 spiro atoms. The average Bonchev–Trinajstić information content (AvgIpc) is 2.57. The molecular formula is C16H14ClN3O3. The summed E-state index contributed by atoms with van der Waals surface area (Å²) in [6.07, 6.45) is 1.36. The molecule has 1 aromatic heterocycles. The second kappa shape index (κ2) is 7.58. The zero-order valence-electron chi connectivity index (χ0n) is 12.4. The molecule has 23 heavy (non-hydrogen) atoms. The third kappa shape index (κ3) is 4.19. The van der Waals surface area contributed by atoms with E-state index in [0.29, 0.717) is 16.9 Å². The molecule has 1 heterocycles. The first-order valence-electron chi connectivity index (χ1n) is 6.75. The van der Waals surface area contributed by atoms with Gasteiger partial charge in [-0.15, -0.1) is 0 Å². The molecule has 2 rings (SSSR count). The molecule has 118 valence electrons. The van der Waals surface area contributed by atoms with Crippen molar-refractivity contribution >= 4 is 17.5 Å². The Kier molecular flexibility index (Phi) is 5.52. The van der Waals surface area contributed by atoms with Crippen LogP contribution in [0.25, 0.3) is 0 Å². The van der Waals surface area contributed by atoms with Crippen LogP contribution in [-0.4, -0.2) is 41.1 Å². The predicted octanol–water partition coefficient (Wildman–Crippen LogP) is 2.46. The van der Waals surface area contributed by atoms with Gasteiger partial charge in [0.05, 0.1) is 12.2 Å². The zero-order chi connectivity index (χ0) is 16.8. The fourth-order valence-corrected chi connectivity index (χ4v) is 2.02. The number of pyridine rings is 1. The lowest BCUT2D eigenvalue weighted by molar-refractivity contribution is 0.0767. The van der Waals surface area contributed by atoms with Gasteiger partial charge in [0, 0.05) is 25.4 Å². The van der Waals surface area contributed by atoms with Gasteiger partial charge >= 0.3 is 0 Å². The number of carbonyl (C=O) groups excluding carboxylic acids is 1. The largest absolute Gasteiger partial charge is 0.438 e.